The Morgan fingerprint density at radius 3 is 2.56 bits per heavy atom. The minimum absolute atomic E-state index is 0.0510. The summed E-state index contributed by atoms with van der Waals surface area (Å²) in [6.07, 6.45) is 1.53. The number of nitrogen functional groups attached to an aromatic ring is 1. The molecule has 2 aromatic rings. The number of sulfonamides is 1. The molecule has 0 saturated carbocycles. The van der Waals surface area contributed by atoms with Crippen molar-refractivity contribution in [2.24, 2.45) is 0 Å². The number of aromatic nitrogens is 1. The molecule has 0 aliphatic rings. The fourth-order valence-corrected chi connectivity index (χ4v) is 2.71. The van der Waals surface area contributed by atoms with E-state index in [1.54, 1.807) is 37.3 Å². The van der Waals surface area contributed by atoms with Crippen LogP contribution in [0.3, 0.4) is 0 Å². The van der Waals surface area contributed by atoms with E-state index in [1.165, 1.54) is 12.3 Å². The lowest BCUT2D eigenvalue weighted by Gasteiger charge is -2.10. The minimum atomic E-state index is -3.70. The van der Waals surface area contributed by atoms with Gasteiger partial charge < -0.3 is 5.73 Å². The third kappa shape index (κ3) is 2.43. The highest BCUT2D eigenvalue weighted by molar-refractivity contribution is 7.92. The Bertz CT molecular complexity index is 669. The number of nitrogens with zero attached hydrogens (tertiary/aromatic N) is 1. The molecule has 94 valence electrons. The first kappa shape index (κ1) is 12.4. The third-order valence-electron chi connectivity index (χ3n) is 2.45. The lowest BCUT2D eigenvalue weighted by atomic mass is 10.3. The highest BCUT2D eigenvalue weighted by Gasteiger charge is 2.18. The summed E-state index contributed by atoms with van der Waals surface area (Å²) in [5, 5.41) is 0. The van der Waals surface area contributed by atoms with Crippen LogP contribution in [0.1, 0.15) is 5.56 Å². The number of hydrogen-bond donors (Lipinski definition) is 2. The summed E-state index contributed by atoms with van der Waals surface area (Å²) in [4.78, 5) is 4.04. The SMILES string of the molecule is Cc1cccnc1NS(=O)(=O)c1ccccc1N. The monoisotopic (exact) mass is 263 g/mol. The molecule has 0 saturated heterocycles. The fraction of sp³-hybridized carbons (Fsp3) is 0.0833. The van der Waals surface area contributed by atoms with Gasteiger partial charge in [-0.2, -0.15) is 0 Å². The number of para-hydroxylation sites is 1. The number of nitrogens with two attached hydrogens (primary N) is 1. The normalized spacial score (nSPS) is 11.2. The molecular weight excluding hydrogens is 250 g/mol. The smallest absolute Gasteiger partial charge is 0.265 e. The molecule has 0 radical (unpaired) electrons. The molecule has 1 aromatic heterocycles. The zero-order valence-electron chi connectivity index (χ0n) is 9.79. The van der Waals surface area contributed by atoms with Crippen LogP contribution in [-0.4, -0.2) is 13.4 Å². The van der Waals surface area contributed by atoms with Crippen LogP contribution in [0.2, 0.25) is 0 Å². The van der Waals surface area contributed by atoms with E-state index in [2.05, 4.69) is 9.71 Å². The molecular formula is C12H13N3O2S. The fourth-order valence-electron chi connectivity index (χ4n) is 1.50. The average Bonchev–Trinajstić information content (AvgIpc) is 2.32. The van der Waals surface area contributed by atoms with Gasteiger partial charge in [0.2, 0.25) is 0 Å². The Kier molecular flexibility index (Phi) is 3.20. The molecule has 0 fully saturated rings. The number of pyridine rings is 1. The molecule has 18 heavy (non-hydrogen) atoms. The molecule has 6 heteroatoms. The number of nitrogens with one attached hydrogen (secondary N) is 1. The summed E-state index contributed by atoms with van der Waals surface area (Å²) in [7, 11) is -3.70. The zero-order valence-corrected chi connectivity index (χ0v) is 10.6. The second kappa shape index (κ2) is 4.66. The van der Waals surface area contributed by atoms with Gasteiger partial charge in [-0.05, 0) is 30.7 Å². The van der Waals surface area contributed by atoms with Gasteiger partial charge in [0.25, 0.3) is 10.0 Å². The van der Waals surface area contributed by atoms with Crippen molar-refractivity contribution in [1.29, 1.82) is 0 Å². The predicted molar refractivity (Wildman–Crippen MR) is 70.6 cm³/mol. The molecule has 0 unspecified atom stereocenters. The van der Waals surface area contributed by atoms with Gasteiger partial charge in [-0.3, -0.25) is 4.72 Å². The van der Waals surface area contributed by atoms with Crippen LogP contribution in [-0.2, 0) is 10.0 Å². The Balaban J connectivity index is 2.40. The molecule has 0 aliphatic carbocycles. The van der Waals surface area contributed by atoms with Crippen LogP contribution in [0.5, 0.6) is 0 Å². The molecule has 1 heterocycles. The number of anilines is 2. The van der Waals surface area contributed by atoms with Gasteiger partial charge in [0.05, 0.1) is 5.69 Å². The van der Waals surface area contributed by atoms with Crippen molar-refractivity contribution < 1.29 is 8.42 Å². The second-order valence-corrected chi connectivity index (χ2v) is 5.46. The number of benzene rings is 1. The standard InChI is InChI=1S/C12H13N3O2S/c1-9-5-4-8-14-12(9)15-18(16,17)11-7-3-2-6-10(11)13/h2-8H,13H2,1H3,(H,14,15). The molecule has 2 rings (SSSR count). The van der Waals surface area contributed by atoms with E-state index < -0.39 is 10.0 Å². The van der Waals surface area contributed by atoms with Crippen LogP contribution >= 0.6 is 0 Å². The van der Waals surface area contributed by atoms with E-state index in [1.807, 2.05) is 0 Å². The third-order valence-corrected chi connectivity index (χ3v) is 3.86. The summed E-state index contributed by atoms with van der Waals surface area (Å²) in [6.45, 7) is 1.78. The molecule has 5 nitrogen and oxygen atoms in total. The molecule has 0 atom stereocenters. The maximum absolute atomic E-state index is 12.1. The topological polar surface area (TPSA) is 85.1 Å². The Morgan fingerprint density at radius 1 is 1.17 bits per heavy atom. The van der Waals surface area contributed by atoms with Crippen molar-refractivity contribution >= 4 is 21.5 Å². The van der Waals surface area contributed by atoms with Crippen molar-refractivity contribution in [3.05, 3.63) is 48.2 Å². The van der Waals surface area contributed by atoms with Gasteiger partial charge in [0.15, 0.2) is 0 Å². The van der Waals surface area contributed by atoms with Gasteiger partial charge in [0, 0.05) is 6.20 Å². The minimum Gasteiger partial charge on any atom is -0.398 e. The first-order valence-corrected chi connectivity index (χ1v) is 6.78. The first-order chi connectivity index (χ1) is 8.50. The molecule has 0 amide bonds. The van der Waals surface area contributed by atoms with Crippen molar-refractivity contribution in [3.63, 3.8) is 0 Å². The summed E-state index contributed by atoms with van der Waals surface area (Å²) >= 11 is 0. The van der Waals surface area contributed by atoms with Crippen LogP contribution in [0.4, 0.5) is 11.5 Å². The summed E-state index contributed by atoms with van der Waals surface area (Å²) in [5.74, 6) is 0.306. The van der Waals surface area contributed by atoms with Gasteiger partial charge in [-0.25, -0.2) is 13.4 Å². The summed E-state index contributed by atoms with van der Waals surface area (Å²) < 4.78 is 26.7. The maximum Gasteiger partial charge on any atom is 0.265 e. The van der Waals surface area contributed by atoms with Crippen LogP contribution in [0.25, 0.3) is 0 Å². The van der Waals surface area contributed by atoms with Crippen molar-refractivity contribution in [2.45, 2.75) is 11.8 Å². The van der Waals surface area contributed by atoms with E-state index in [0.717, 1.165) is 5.56 Å². The average molecular weight is 263 g/mol. The number of rotatable bonds is 3. The Labute approximate surface area is 106 Å². The molecule has 0 aliphatic heterocycles. The summed E-state index contributed by atoms with van der Waals surface area (Å²) in [5.41, 5.74) is 6.61. The van der Waals surface area contributed by atoms with E-state index in [0.29, 0.717) is 5.82 Å². The predicted octanol–water partition coefficient (Wildman–Crippen LogP) is 1.77. The first-order valence-electron chi connectivity index (χ1n) is 5.29. The Morgan fingerprint density at radius 2 is 1.89 bits per heavy atom. The van der Waals surface area contributed by atoms with E-state index >= 15 is 0 Å². The second-order valence-electron chi connectivity index (χ2n) is 3.81. The van der Waals surface area contributed by atoms with Crippen molar-refractivity contribution in [1.82, 2.24) is 4.98 Å². The summed E-state index contributed by atoms with van der Waals surface area (Å²) in [6, 6.07) is 9.82. The largest absolute Gasteiger partial charge is 0.398 e. The van der Waals surface area contributed by atoms with Gasteiger partial charge in [0.1, 0.15) is 10.7 Å². The highest BCUT2D eigenvalue weighted by Crippen LogP contribution is 2.21. The number of aryl methyl sites for hydroxylation is 1. The molecule has 3 N–H and O–H groups in total. The lowest BCUT2D eigenvalue weighted by molar-refractivity contribution is 0.601. The van der Waals surface area contributed by atoms with Crippen LogP contribution in [0.15, 0.2) is 47.5 Å². The zero-order chi connectivity index (χ0) is 13.2. The quantitative estimate of drug-likeness (QED) is 0.826. The highest BCUT2D eigenvalue weighted by atomic mass is 32.2. The Hall–Kier alpha value is -2.08. The lowest BCUT2D eigenvalue weighted by Crippen LogP contribution is -2.16. The van der Waals surface area contributed by atoms with Crippen molar-refractivity contribution in [2.75, 3.05) is 10.5 Å². The van der Waals surface area contributed by atoms with Crippen LogP contribution in [0, 0.1) is 6.92 Å². The van der Waals surface area contributed by atoms with E-state index in [4.69, 9.17) is 5.73 Å². The van der Waals surface area contributed by atoms with Gasteiger partial charge in [-0.1, -0.05) is 18.2 Å². The van der Waals surface area contributed by atoms with Gasteiger partial charge >= 0.3 is 0 Å². The number of hydrogen-bond acceptors (Lipinski definition) is 4. The molecule has 0 spiro atoms. The maximum atomic E-state index is 12.1. The van der Waals surface area contributed by atoms with E-state index in [9.17, 15) is 8.42 Å². The van der Waals surface area contributed by atoms with Gasteiger partial charge in [-0.15, -0.1) is 0 Å². The molecule has 0 bridgehead atoms. The van der Waals surface area contributed by atoms with Crippen LogP contribution < -0.4 is 10.5 Å². The van der Waals surface area contributed by atoms with E-state index in [-0.39, 0.29) is 10.6 Å². The molecule has 1 aromatic carbocycles. The van der Waals surface area contributed by atoms with Crippen molar-refractivity contribution in [3.8, 4) is 0 Å².